The standard InChI is InChI=1S/C17H21N7/c1-11-12(2)20-17(14-6-5-8-18-10-14)21-16(11)19-9-7-15-23-22-13(3)24(15)4/h5-6,8,10H,7,9H2,1-4H3,(H,19,20,21). The number of pyridine rings is 1. The van der Waals surface area contributed by atoms with Gasteiger partial charge in [-0.15, -0.1) is 10.2 Å². The SMILES string of the molecule is Cc1nc(-c2cccnc2)nc(NCCc2nnc(C)n2C)c1C. The number of nitrogens with zero attached hydrogens (tertiary/aromatic N) is 6. The fraction of sp³-hybridized carbons (Fsp3) is 0.353. The summed E-state index contributed by atoms with van der Waals surface area (Å²) in [6.07, 6.45) is 4.30. The van der Waals surface area contributed by atoms with Crippen LogP contribution in [0.2, 0.25) is 0 Å². The first-order chi connectivity index (χ1) is 11.6. The van der Waals surface area contributed by atoms with E-state index in [-0.39, 0.29) is 0 Å². The maximum absolute atomic E-state index is 4.66. The maximum Gasteiger partial charge on any atom is 0.163 e. The molecule has 7 nitrogen and oxygen atoms in total. The normalized spacial score (nSPS) is 10.8. The largest absolute Gasteiger partial charge is 0.369 e. The summed E-state index contributed by atoms with van der Waals surface area (Å²) >= 11 is 0. The predicted octanol–water partition coefficient (Wildman–Crippen LogP) is 2.25. The van der Waals surface area contributed by atoms with Crippen LogP contribution in [0.3, 0.4) is 0 Å². The third-order valence-electron chi connectivity index (χ3n) is 4.13. The van der Waals surface area contributed by atoms with Crippen LogP contribution < -0.4 is 5.32 Å². The second-order valence-electron chi connectivity index (χ2n) is 5.75. The van der Waals surface area contributed by atoms with Gasteiger partial charge in [0.1, 0.15) is 17.5 Å². The van der Waals surface area contributed by atoms with Crippen LogP contribution in [0.25, 0.3) is 11.4 Å². The summed E-state index contributed by atoms with van der Waals surface area (Å²) in [4.78, 5) is 13.4. The number of nitrogens with one attached hydrogen (secondary N) is 1. The van der Waals surface area contributed by atoms with Crippen molar-refractivity contribution in [3.63, 3.8) is 0 Å². The molecule has 0 amide bonds. The molecular formula is C17H21N7. The molecule has 0 radical (unpaired) electrons. The molecule has 0 aliphatic heterocycles. The van der Waals surface area contributed by atoms with E-state index >= 15 is 0 Å². The molecule has 3 aromatic heterocycles. The van der Waals surface area contributed by atoms with E-state index in [1.165, 1.54) is 0 Å². The van der Waals surface area contributed by atoms with Gasteiger partial charge in [-0.1, -0.05) is 0 Å². The number of aryl methyl sites for hydroxylation is 2. The quantitative estimate of drug-likeness (QED) is 0.775. The van der Waals surface area contributed by atoms with Crippen LogP contribution in [0.15, 0.2) is 24.5 Å². The molecule has 3 rings (SSSR count). The van der Waals surface area contributed by atoms with E-state index in [1.807, 2.05) is 44.5 Å². The van der Waals surface area contributed by atoms with Gasteiger partial charge >= 0.3 is 0 Å². The van der Waals surface area contributed by atoms with Crippen LogP contribution in [0.1, 0.15) is 22.9 Å². The fourth-order valence-corrected chi connectivity index (χ4v) is 2.39. The molecule has 0 bridgehead atoms. The lowest BCUT2D eigenvalue weighted by Crippen LogP contribution is -2.12. The topological polar surface area (TPSA) is 81.4 Å². The van der Waals surface area contributed by atoms with E-state index in [1.54, 1.807) is 12.4 Å². The maximum atomic E-state index is 4.66. The van der Waals surface area contributed by atoms with Crippen molar-refractivity contribution in [3.8, 4) is 11.4 Å². The molecule has 124 valence electrons. The molecule has 3 heterocycles. The van der Waals surface area contributed by atoms with Crippen molar-refractivity contribution in [2.45, 2.75) is 27.2 Å². The molecule has 0 aliphatic carbocycles. The molecule has 0 atom stereocenters. The third kappa shape index (κ3) is 3.24. The highest BCUT2D eigenvalue weighted by molar-refractivity contribution is 5.58. The van der Waals surface area contributed by atoms with Crippen molar-refractivity contribution < 1.29 is 0 Å². The first-order valence-electron chi connectivity index (χ1n) is 7.90. The highest BCUT2D eigenvalue weighted by Crippen LogP contribution is 2.20. The van der Waals surface area contributed by atoms with E-state index in [9.17, 15) is 0 Å². The summed E-state index contributed by atoms with van der Waals surface area (Å²) in [5.41, 5.74) is 2.92. The zero-order valence-corrected chi connectivity index (χ0v) is 14.4. The van der Waals surface area contributed by atoms with Gasteiger partial charge in [0.15, 0.2) is 5.82 Å². The number of hydrogen-bond donors (Lipinski definition) is 1. The minimum absolute atomic E-state index is 0.684. The minimum Gasteiger partial charge on any atom is -0.369 e. The zero-order valence-electron chi connectivity index (χ0n) is 14.4. The first kappa shape index (κ1) is 16.0. The third-order valence-corrected chi connectivity index (χ3v) is 4.13. The molecule has 0 saturated carbocycles. The van der Waals surface area contributed by atoms with Crippen molar-refractivity contribution in [1.82, 2.24) is 29.7 Å². The molecule has 7 heteroatoms. The average molecular weight is 323 g/mol. The van der Waals surface area contributed by atoms with Crippen LogP contribution in [0.4, 0.5) is 5.82 Å². The number of hydrogen-bond acceptors (Lipinski definition) is 6. The molecule has 3 aromatic rings. The van der Waals surface area contributed by atoms with E-state index in [2.05, 4.69) is 30.5 Å². The molecule has 0 spiro atoms. The molecular weight excluding hydrogens is 302 g/mol. The summed E-state index contributed by atoms with van der Waals surface area (Å²) in [5, 5.41) is 11.7. The summed E-state index contributed by atoms with van der Waals surface area (Å²) in [6, 6.07) is 3.85. The molecule has 0 fully saturated rings. The van der Waals surface area contributed by atoms with Gasteiger partial charge in [0.05, 0.1) is 0 Å². The van der Waals surface area contributed by atoms with Crippen molar-refractivity contribution in [1.29, 1.82) is 0 Å². The smallest absolute Gasteiger partial charge is 0.163 e. The molecule has 0 aromatic carbocycles. The molecule has 1 N–H and O–H groups in total. The Kier molecular flexibility index (Phi) is 4.50. The van der Waals surface area contributed by atoms with Gasteiger partial charge in [-0.3, -0.25) is 4.98 Å². The molecule has 24 heavy (non-hydrogen) atoms. The van der Waals surface area contributed by atoms with Crippen LogP contribution in [0, 0.1) is 20.8 Å². The Labute approximate surface area is 141 Å². The summed E-state index contributed by atoms with van der Waals surface area (Å²) < 4.78 is 2.00. The Balaban J connectivity index is 1.77. The minimum atomic E-state index is 0.684. The second kappa shape index (κ2) is 6.74. The lowest BCUT2D eigenvalue weighted by atomic mass is 10.2. The van der Waals surface area contributed by atoms with Crippen LogP contribution in [-0.2, 0) is 13.5 Å². The first-order valence-corrected chi connectivity index (χ1v) is 7.90. The van der Waals surface area contributed by atoms with Gasteiger partial charge in [-0.05, 0) is 32.9 Å². The van der Waals surface area contributed by atoms with Crippen LogP contribution in [0.5, 0.6) is 0 Å². The number of aromatic nitrogens is 6. The lowest BCUT2D eigenvalue weighted by molar-refractivity contribution is 0.769. The number of anilines is 1. The van der Waals surface area contributed by atoms with Crippen molar-refractivity contribution in [2.24, 2.45) is 7.05 Å². The Hall–Kier alpha value is -2.83. The predicted molar refractivity (Wildman–Crippen MR) is 92.7 cm³/mol. The van der Waals surface area contributed by atoms with Gasteiger partial charge in [0, 0.05) is 49.2 Å². The molecule has 0 saturated heterocycles. The van der Waals surface area contributed by atoms with E-state index in [0.717, 1.165) is 47.3 Å². The van der Waals surface area contributed by atoms with E-state index in [0.29, 0.717) is 5.82 Å². The van der Waals surface area contributed by atoms with E-state index in [4.69, 9.17) is 0 Å². The van der Waals surface area contributed by atoms with E-state index < -0.39 is 0 Å². The van der Waals surface area contributed by atoms with Gasteiger partial charge in [0.2, 0.25) is 0 Å². The van der Waals surface area contributed by atoms with Gasteiger partial charge in [-0.25, -0.2) is 9.97 Å². The Bertz CT molecular complexity index is 840. The van der Waals surface area contributed by atoms with Crippen LogP contribution >= 0.6 is 0 Å². The number of rotatable bonds is 5. The van der Waals surface area contributed by atoms with Crippen molar-refractivity contribution >= 4 is 5.82 Å². The Morgan fingerprint density at radius 3 is 2.62 bits per heavy atom. The monoisotopic (exact) mass is 323 g/mol. The summed E-state index contributed by atoms with van der Waals surface area (Å²) in [7, 11) is 1.98. The van der Waals surface area contributed by atoms with Crippen molar-refractivity contribution in [3.05, 3.63) is 47.4 Å². The second-order valence-corrected chi connectivity index (χ2v) is 5.75. The van der Waals surface area contributed by atoms with Gasteiger partial charge < -0.3 is 9.88 Å². The Morgan fingerprint density at radius 2 is 1.96 bits per heavy atom. The van der Waals surface area contributed by atoms with Gasteiger partial charge in [0.25, 0.3) is 0 Å². The average Bonchev–Trinajstić information content (AvgIpc) is 2.91. The summed E-state index contributed by atoms with van der Waals surface area (Å²) in [6.45, 7) is 6.70. The zero-order chi connectivity index (χ0) is 17.1. The van der Waals surface area contributed by atoms with Crippen LogP contribution in [-0.4, -0.2) is 36.3 Å². The Morgan fingerprint density at radius 1 is 1.12 bits per heavy atom. The lowest BCUT2D eigenvalue weighted by Gasteiger charge is -2.12. The molecule has 0 unspecified atom stereocenters. The fourth-order valence-electron chi connectivity index (χ4n) is 2.39. The van der Waals surface area contributed by atoms with Gasteiger partial charge in [-0.2, -0.15) is 0 Å². The highest BCUT2D eigenvalue weighted by atomic mass is 15.3. The molecule has 0 aliphatic rings. The van der Waals surface area contributed by atoms with Crippen molar-refractivity contribution in [2.75, 3.05) is 11.9 Å². The highest BCUT2D eigenvalue weighted by Gasteiger charge is 2.10. The summed E-state index contributed by atoms with van der Waals surface area (Å²) in [5.74, 6) is 3.40.